The van der Waals surface area contributed by atoms with Crippen molar-refractivity contribution < 1.29 is 18.9 Å². The van der Waals surface area contributed by atoms with Gasteiger partial charge < -0.3 is 15.7 Å². The summed E-state index contributed by atoms with van der Waals surface area (Å²) in [5.74, 6) is -0.509. The van der Waals surface area contributed by atoms with Gasteiger partial charge in [0.2, 0.25) is 0 Å². The van der Waals surface area contributed by atoms with Crippen molar-refractivity contribution >= 4 is 22.8 Å². The van der Waals surface area contributed by atoms with E-state index in [0.29, 0.717) is 18.6 Å². The highest BCUT2D eigenvalue weighted by molar-refractivity contribution is 7.84. The smallest absolute Gasteiger partial charge is 0.326 e. The molecule has 2 unspecified atom stereocenters. The van der Waals surface area contributed by atoms with Crippen LogP contribution in [0.15, 0.2) is 0 Å². The van der Waals surface area contributed by atoms with Gasteiger partial charge in [0.15, 0.2) is 0 Å². The Morgan fingerprint density at radius 3 is 2.37 bits per heavy atom. The molecule has 0 aliphatic heterocycles. The third kappa shape index (κ3) is 9.47. The molecule has 0 aromatic heterocycles. The minimum Gasteiger partial charge on any atom is -0.480 e. The molecule has 0 heterocycles. The number of carboxylic acid groups (broad SMARTS) is 1. The van der Waals surface area contributed by atoms with Gasteiger partial charge in [-0.05, 0) is 19.8 Å². The third-order valence-corrected chi connectivity index (χ3v) is 3.48. The van der Waals surface area contributed by atoms with Crippen LogP contribution in [0.5, 0.6) is 0 Å². The largest absolute Gasteiger partial charge is 0.480 e. The number of nitrogens with one attached hydrogen (secondary N) is 2. The van der Waals surface area contributed by atoms with Gasteiger partial charge in [0.25, 0.3) is 0 Å². The molecule has 0 aliphatic carbocycles. The molecule has 0 radical (unpaired) electrons. The van der Waals surface area contributed by atoms with E-state index < -0.39 is 28.8 Å². The van der Waals surface area contributed by atoms with Crippen LogP contribution in [0, 0.1) is 0 Å². The lowest BCUT2D eigenvalue weighted by Gasteiger charge is -2.18. The van der Waals surface area contributed by atoms with Gasteiger partial charge in [-0.2, -0.15) is 0 Å². The lowest BCUT2D eigenvalue weighted by Crippen LogP contribution is -2.48. The van der Waals surface area contributed by atoms with Gasteiger partial charge in [-0.3, -0.25) is 4.21 Å². The Kier molecular flexibility index (Phi) is 9.20. The fraction of sp³-hybridized carbons (Fsp3) is 0.833. The van der Waals surface area contributed by atoms with Crippen molar-refractivity contribution in [3.8, 4) is 0 Å². The van der Waals surface area contributed by atoms with Gasteiger partial charge in [0.05, 0.1) is 0 Å². The quantitative estimate of drug-likeness (QED) is 0.592. The number of unbranched alkanes of at least 4 members (excludes halogenated alkanes) is 1. The van der Waals surface area contributed by atoms with Crippen LogP contribution in [0.1, 0.15) is 39.5 Å². The van der Waals surface area contributed by atoms with Gasteiger partial charge in [0, 0.05) is 28.9 Å². The molecule has 19 heavy (non-hydrogen) atoms. The van der Waals surface area contributed by atoms with E-state index in [1.165, 1.54) is 0 Å². The molecule has 3 N–H and O–H groups in total. The second-order valence-corrected chi connectivity index (χ2v) is 6.17. The van der Waals surface area contributed by atoms with Crippen LogP contribution in [-0.2, 0) is 15.6 Å². The summed E-state index contributed by atoms with van der Waals surface area (Å²) >= 11 is 0. The molecule has 0 saturated heterocycles. The zero-order chi connectivity index (χ0) is 14.8. The fourth-order valence-electron chi connectivity index (χ4n) is 1.50. The van der Waals surface area contributed by atoms with Crippen LogP contribution in [0.2, 0.25) is 0 Å². The maximum atomic E-state index is 11.6. The average molecular weight is 292 g/mol. The van der Waals surface area contributed by atoms with Gasteiger partial charge in [-0.15, -0.1) is 0 Å². The average Bonchev–Trinajstić information content (AvgIpc) is 2.31. The van der Waals surface area contributed by atoms with E-state index in [2.05, 4.69) is 10.6 Å². The molecule has 7 heteroatoms. The lowest BCUT2D eigenvalue weighted by atomic mass is 10.1. The number of aliphatic carboxylic acids is 1. The number of urea groups is 1. The molecule has 3 atom stereocenters. The van der Waals surface area contributed by atoms with Crippen molar-refractivity contribution in [2.75, 3.05) is 12.0 Å². The van der Waals surface area contributed by atoms with E-state index >= 15 is 0 Å². The Labute approximate surface area is 116 Å². The van der Waals surface area contributed by atoms with Gasteiger partial charge in [-0.1, -0.05) is 19.8 Å². The predicted octanol–water partition coefficient (Wildman–Crippen LogP) is 1.09. The number of rotatable bonds is 9. The maximum Gasteiger partial charge on any atom is 0.326 e. The molecular weight excluding hydrogens is 268 g/mol. The zero-order valence-corrected chi connectivity index (χ0v) is 12.6. The van der Waals surface area contributed by atoms with E-state index in [1.807, 2.05) is 6.92 Å². The van der Waals surface area contributed by atoms with Crippen molar-refractivity contribution in [3.63, 3.8) is 0 Å². The minimum absolute atomic E-state index is 0.135. The van der Waals surface area contributed by atoms with E-state index in [-0.39, 0.29) is 6.04 Å². The monoisotopic (exact) mass is 292 g/mol. The summed E-state index contributed by atoms with van der Waals surface area (Å²) in [7, 11) is -0.889. The molecule has 0 aliphatic rings. The molecule has 0 rings (SSSR count). The summed E-state index contributed by atoms with van der Waals surface area (Å²) in [4.78, 5) is 22.6. The molecule has 0 aromatic rings. The summed E-state index contributed by atoms with van der Waals surface area (Å²) in [5, 5.41) is 14.1. The summed E-state index contributed by atoms with van der Waals surface area (Å²) in [5.41, 5.74) is 0. The number of carbonyl (C=O) groups is 2. The van der Waals surface area contributed by atoms with E-state index in [0.717, 1.165) is 12.8 Å². The van der Waals surface area contributed by atoms with Gasteiger partial charge >= 0.3 is 12.0 Å². The second kappa shape index (κ2) is 9.77. The van der Waals surface area contributed by atoms with Crippen molar-refractivity contribution in [3.05, 3.63) is 0 Å². The fourth-order valence-corrected chi connectivity index (χ4v) is 2.19. The first kappa shape index (κ1) is 17.9. The lowest BCUT2D eigenvalue weighted by molar-refractivity contribution is -0.139. The van der Waals surface area contributed by atoms with E-state index in [9.17, 15) is 13.8 Å². The standard InChI is InChI=1S/C12H24N2O4S/c1-4-5-6-10(11(15)16)14-12(17)13-9(2)7-8-19(3)18/h9-10H,4-8H2,1-3H3,(H,15,16)(H2,13,14,17)/t9?,10-,19?/m0/s1. The van der Waals surface area contributed by atoms with E-state index in [1.54, 1.807) is 13.2 Å². The zero-order valence-electron chi connectivity index (χ0n) is 11.8. The molecule has 0 fully saturated rings. The van der Waals surface area contributed by atoms with Crippen LogP contribution < -0.4 is 10.6 Å². The number of hydrogen-bond acceptors (Lipinski definition) is 3. The Balaban J connectivity index is 4.10. The summed E-state index contributed by atoms with van der Waals surface area (Å²) in [6, 6.07) is -1.48. The number of hydrogen-bond donors (Lipinski definition) is 3. The normalized spacial score (nSPS) is 15.3. The Bertz CT molecular complexity index is 323. The van der Waals surface area contributed by atoms with Gasteiger partial charge in [0.1, 0.15) is 6.04 Å². The summed E-state index contributed by atoms with van der Waals surface area (Å²) in [6.45, 7) is 3.76. The Hall–Kier alpha value is -1.11. The first-order valence-electron chi connectivity index (χ1n) is 6.46. The first-order valence-corrected chi connectivity index (χ1v) is 8.19. The van der Waals surface area contributed by atoms with Crippen LogP contribution >= 0.6 is 0 Å². The van der Waals surface area contributed by atoms with Crippen molar-refractivity contribution in [2.24, 2.45) is 0 Å². The molecule has 2 amide bonds. The maximum absolute atomic E-state index is 11.6. The molecule has 0 aromatic carbocycles. The molecule has 0 saturated carbocycles. The Morgan fingerprint density at radius 2 is 1.89 bits per heavy atom. The van der Waals surface area contributed by atoms with Crippen LogP contribution in [0.25, 0.3) is 0 Å². The highest BCUT2D eigenvalue weighted by Gasteiger charge is 2.19. The summed E-state index contributed by atoms with van der Waals surface area (Å²) in [6.07, 6.45) is 4.27. The van der Waals surface area contributed by atoms with Crippen molar-refractivity contribution in [1.82, 2.24) is 10.6 Å². The van der Waals surface area contributed by atoms with Crippen LogP contribution in [0.3, 0.4) is 0 Å². The molecule has 0 bridgehead atoms. The minimum atomic E-state index is -1.02. The third-order valence-electron chi connectivity index (χ3n) is 2.67. The van der Waals surface area contributed by atoms with Crippen molar-refractivity contribution in [2.45, 2.75) is 51.6 Å². The van der Waals surface area contributed by atoms with Crippen LogP contribution in [-0.4, -0.2) is 45.4 Å². The second-order valence-electron chi connectivity index (χ2n) is 4.62. The highest BCUT2D eigenvalue weighted by atomic mass is 32.2. The molecule has 112 valence electrons. The topological polar surface area (TPSA) is 95.5 Å². The number of carbonyl (C=O) groups excluding carboxylic acids is 1. The Morgan fingerprint density at radius 1 is 1.26 bits per heavy atom. The van der Waals surface area contributed by atoms with Crippen LogP contribution in [0.4, 0.5) is 4.79 Å². The predicted molar refractivity (Wildman–Crippen MR) is 75.6 cm³/mol. The molecule has 0 spiro atoms. The van der Waals surface area contributed by atoms with E-state index in [4.69, 9.17) is 5.11 Å². The molecule has 6 nitrogen and oxygen atoms in total. The first-order chi connectivity index (χ1) is 8.86. The molecular formula is C12H24N2O4S. The highest BCUT2D eigenvalue weighted by Crippen LogP contribution is 2.01. The number of carboxylic acids is 1. The SMILES string of the molecule is CCCC[C@H](NC(=O)NC(C)CCS(C)=O)C(=O)O. The number of amides is 2. The summed E-state index contributed by atoms with van der Waals surface area (Å²) < 4.78 is 10.9. The van der Waals surface area contributed by atoms with Gasteiger partial charge in [-0.25, -0.2) is 9.59 Å². The van der Waals surface area contributed by atoms with Crippen molar-refractivity contribution in [1.29, 1.82) is 0 Å².